The van der Waals surface area contributed by atoms with Gasteiger partial charge in [-0.3, -0.25) is 14.9 Å². The third kappa shape index (κ3) is 3.94. The maximum atomic E-state index is 12.8. The SMILES string of the molecule is Cc1ccc2c(c1)CCCN2C(=O)Cc1csc(NC(=O)c2cccs2)n1. The van der Waals surface area contributed by atoms with Crippen LogP contribution in [0.2, 0.25) is 0 Å². The van der Waals surface area contributed by atoms with Gasteiger partial charge in [0.2, 0.25) is 5.91 Å². The normalized spacial score (nSPS) is 13.3. The molecule has 138 valence electrons. The molecule has 2 amide bonds. The van der Waals surface area contributed by atoms with Gasteiger partial charge in [-0.15, -0.1) is 22.7 Å². The van der Waals surface area contributed by atoms with Crippen LogP contribution < -0.4 is 10.2 Å². The second kappa shape index (κ2) is 7.62. The molecule has 0 saturated heterocycles. The molecular formula is C20H19N3O2S2. The van der Waals surface area contributed by atoms with Crippen LogP contribution in [0.25, 0.3) is 0 Å². The number of aryl methyl sites for hydroxylation is 2. The van der Waals surface area contributed by atoms with Gasteiger partial charge in [0.1, 0.15) is 0 Å². The molecule has 0 bridgehead atoms. The predicted octanol–water partition coefficient (Wildman–Crippen LogP) is 4.29. The molecule has 0 fully saturated rings. The van der Waals surface area contributed by atoms with Crippen LogP contribution in [0.15, 0.2) is 41.1 Å². The van der Waals surface area contributed by atoms with Crippen LogP contribution in [0, 0.1) is 6.92 Å². The topological polar surface area (TPSA) is 62.3 Å². The second-order valence-corrected chi connectivity index (χ2v) is 8.34. The summed E-state index contributed by atoms with van der Waals surface area (Å²) in [4.78, 5) is 31.9. The molecule has 1 aliphatic rings. The predicted molar refractivity (Wildman–Crippen MR) is 110 cm³/mol. The Balaban J connectivity index is 1.44. The van der Waals surface area contributed by atoms with E-state index in [1.807, 2.05) is 33.9 Å². The Labute approximate surface area is 165 Å². The molecule has 0 saturated carbocycles. The lowest BCUT2D eigenvalue weighted by Gasteiger charge is -2.29. The highest BCUT2D eigenvalue weighted by molar-refractivity contribution is 7.14. The monoisotopic (exact) mass is 397 g/mol. The number of nitrogens with zero attached hydrogens (tertiary/aromatic N) is 2. The summed E-state index contributed by atoms with van der Waals surface area (Å²) in [6.07, 6.45) is 2.22. The maximum Gasteiger partial charge on any atom is 0.267 e. The number of thiazole rings is 1. The number of carbonyl (C=O) groups is 2. The average Bonchev–Trinajstić information content (AvgIpc) is 3.33. The van der Waals surface area contributed by atoms with Crippen LogP contribution in [-0.2, 0) is 17.6 Å². The molecule has 1 N–H and O–H groups in total. The van der Waals surface area contributed by atoms with E-state index in [0.717, 1.165) is 25.1 Å². The summed E-state index contributed by atoms with van der Waals surface area (Å²) in [5.74, 6) is -0.126. The Bertz CT molecular complexity index is 979. The van der Waals surface area contributed by atoms with Gasteiger partial charge in [-0.25, -0.2) is 4.98 Å². The molecule has 7 heteroatoms. The Hall–Kier alpha value is -2.51. The number of hydrogen-bond acceptors (Lipinski definition) is 5. The van der Waals surface area contributed by atoms with Gasteiger partial charge in [-0.1, -0.05) is 23.8 Å². The van der Waals surface area contributed by atoms with E-state index in [0.29, 0.717) is 15.7 Å². The first-order valence-electron chi connectivity index (χ1n) is 8.79. The quantitative estimate of drug-likeness (QED) is 0.714. The highest BCUT2D eigenvalue weighted by atomic mass is 32.1. The van der Waals surface area contributed by atoms with Gasteiger partial charge in [-0.2, -0.15) is 0 Å². The number of rotatable bonds is 4. The fraction of sp³-hybridized carbons (Fsp3) is 0.250. The number of benzene rings is 1. The van der Waals surface area contributed by atoms with Crippen molar-refractivity contribution in [3.63, 3.8) is 0 Å². The second-order valence-electron chi connectivity index (χ2n) is 6.53. The molecule has 0 unspecified atom stereocenters. The molecule has 0 spiro atoms. The van der Waals surface area contributed by atoms with E-state index >= 15 is 0 Å². The molecule has 27 heavy (non-hydrogen) atoms. The van der Waals surface area contributed by atoms with Crippen molar-refractivity contribution in [2.45, 2.75) is 26.2 Å². The standard InChI is InChI=1S/C20H19N3O2S2/c1-13-6-7-16-14(10-13)4-2-8-23(16)18(24)11-15-12-27-20(21-15)22-19(25)17-5-3-9-26-17/h3,5-7,9-10,12H,2,4,8,11H2,1H3,(H,21,22,25). The Morgan fingerprint density at radius 2 is 2.15 bits per heavy atom. The number of aromatic nitrogens is 1. The fourth-order valence-electron chi connectivity index (χ4n) is 3.25. The van der Waals surface area contributed by atoms with E-state index in [1.54, 1.807) is 6.07 Å². The average molecular weight is 398 g/mol. The molecule has 0 aliphatic carbocycles. The minimum absolute atomic E-state index is 0.0428. The number of hydrogen-bond donors (Lipinski definition) is 1. The Morgan fingerprint density at radius 1 is 1.26 bits per heavy atom. The van der Waals surface area contributed by atoms with Gasteiger partial charge in [0.05, 0.1) is 17.0 Å². The number of amides is 2. The zero-order valence-electron chi connectivity index (χ0n) is 14.9. The number of carbonyl (C=O) groups excluding carboxylic acids is 2. The third-order valence-corrected chi connectivity index (χ3v) is 6.18. The largest absolute Gasteiger partial charge is 0.312 e. The van der Waals surface area contributed by atoms with E-state index < -0.39 is 0 Å². The lowest BCUT2D eigenvalue weighted by Crippen LogP contribution is -2.36. The number of thiophene rings is 1. The molecular weight excluding hydrogens is 378 g/mol. The minimum atomic E-state index is -0.169. The molecule has 2 aromatic heterocycles. The van der Waals surface area contributed by atoms with E-state index in [1.165, 1.54) is 33.8 Å². The van der Waals surface area contributed by atoms with E-state index in [2.05, 4.69) is 23.3 Å². The number of fused-ring (bicyclic) bond motifs is 1. The van der Waals surface area contributed by atoms with E-state index in [-0.39, 0.29) is 18.2 Å². The van der Waals surface area contributed by atoms with Gasteiger partial charge in [0.25, 0.3) is 5.91 Å². The lowest BCUT2D eigenvalue weighted by molar-refractivity contribution is -0.118. The highest BCUT2D eigenvalue weighted by Gasteiger charge is 2.23. The van der Waals surface area contributed by atoms with Crippen LogP contribution >= 0.6 is 22.7 Å². The first-order chi connectivity index (χ1) is 13.1. The molecule has 1 aromatic carbocycles. The summed E-state index contributed by atoms with van der Waals surface area (Å²) in [6, 6.07) is 9.85. The highest BCUT2D eigenvalue weighted by Crippen LogP contribution is 2.29. The van der Waals surface area contributed by atoms with Crippen molar-refractivity contribution in [2.75, 3.05) is 16.8 Å². The molecule has 1 aliphatic heterocycles. The van der Waals surface area contributed by atoms with Crippen LogP contribution in [0.4, 0.5) is 10.8 Å². The summed E-state index contributed by atoms with van der Waals surface area (Å²) in [5, 5.41) is 7.01. The number of anilines is 2. The maximum absolute atomic E-state index is 12.8. The summed E-state index contributed by atoms with van der Waals surface area (Å²) >= 11 is 2.73. The smallest absolute Gasteiger partial charge is 0.267 e. The van der Waals surface area contributed by atoms with Crippen LogP contribution in [0.1, 0.15) is 32.9 Å². The minimum Gasteiger partial charge on any atom is -0.312 e. The van der Waals surface area contributed by atoms with Crippen molar-refractivity contribution >= 4 is 45.3 Å². The van der Waals surface area contributed by atoms with Crippen molar-refractivity contribution in [1.29, 1.82) is 0 Å². The molecule has 0 atom stereocenters. The van der Waals surface area contributed by atoms with Gasteiger partial charge in [0.15, 0.2) is 5.13 Å². The molecule has 0 radical (unpaired) electrons. The van der Waals surface area contributed by atoms with E-state index in [9.17, 15) is 9.59 Å². The van der Waals surface area contributed by atoms with Gasteiger partial charge >= 0.3 is 0 Å². The fourth-order valence-corrected chi connectivity index (χ4v) is 4.57. The van der Waals surface area contributed by atoms with Crippen molar-refractivity contribution < 1.29 is 9.59 Å². The molecule has 4 rings (SSSR count). The molecule has 5 nitrogen and oxygen atoms in total. The van der Waals surface area contributed by atoms with Crippen molar-refractivity contribution in [2.24, 2.45) is 0 Å². The van der Waals surface area contributed by atoms with Crippen LogP contribution in [-0.4, -0.2) is 23.3 Å². The first kappa shape index (κ1) is 17.9. The first-order valence-corrected chi connectivity index (χ1v) is 10.6. The summed E-state index contributed by atoms with van der Waals surface area (Å²) in [7, 11) is 0. The van der Waals surface area contributed by atoms with Crippen molar-refractivity contribution in [3.05, 3.63) is 62.8 Å². The Kier molecular flexibility index (Phi) is 5.05. The van der Waals surface area contributed by atoms with Gasteiger partial charge < -0.3 is 4.90 Å². The molecule has 3 aromatic rings. The summed E-state index contributed by atoms with van der Waals surface area (Å²) in [5.41, 5.74) is 4.15. The lowest BCUT2D eigenvalue weighted by atomic mass is 9.99. The van der Waals surface area contributed by atoms with Crippen LogP contribution in [0.3, 0.4) is 0 Å². The zero-order valence-corrected chi connectivity index (χ0v) is 16.5. The molecule has 3 heterocycles. The van der Waals surface area contributed by atoms with E-state index in [4.69, 9.17) is 0 Å². The third-order valence-electron chi connectivity index (χ3n) is 4.50. The Morgan fingerprint density at radius 3 is 2.96 bits per heavy atom. The van der Waals surface area contributed by atoms with Crippen LogP contribution in [0.5, 0.6) is 0 Å². The summed E-state index contributed by atoms with van der Waals surface area (Å²) < 4.78 is 0. The summed E-state index contributed by atoms with van der Waals surface area (Å²) in [6.45, 7) is 2.81. The van der Waals surface area contributed by atoms with Gasteiger partial charge in [-0.05, 0) is 42.8 Å². The van der Waals surface area contributed by atoms with Gasteiger partial charge in [0, 0.05) is 17.6 Å². The zero-order chi connectivity index (χ0) is 18.8. The van der Waals surface area contributed by atoms with Crippen molar-refractivity contribution in [1.82, 2.24) is 4.98 Å². The number of nitrogens with one attached hydrogen (secondary N) is 1. The van der Waals surface area contributed by atoms with Crippen molar-refractivity contribution in [3.8, 4) is 0 Å².